The van der Waals surface area contributed by atoms with E-state index >= 15 is 0 Å². The highest BCUT2D eigenvalue weighted by atomic mass is 32.2. The fraction of sp³-hybridized carbons (Fsp3) is 0.429. The van der Waals surface area contributed by atoms with Crippen molar-refractivity contribution in [2.75, 3.05) is 37.1 Å². The van der Waals surface area contributed by atoms with Crippen LogP contribution in [0.3, 0.4) is 0 Å². The number of nitrogens with one attached hydrogen (secondary N) is 2. The van der Waals surface area contributed by atoms with E-state index in [-0.39, 0.29) is 35.5 Å². The molecular weight excluding hydrogens is 502 g/mol. The van der Waals surface area contributed by atoms with Crippen LogP contribution < -0.4 is 15.5 Å². The Morgan fingerprint density at radius 3 is 2.29 bits per heavy atom. The fourth-order valence-electron chi connectivity index (χ4n) is 4.76. The summed E-state index contributed by atoms with van der Waals surface area (Å²) in [6.07, 6.45) is 5.22. The lowest BCUT2D eigenvalue weighted by Crippen LogP contribution is -2.34. The van der Waals surface area contributed by atoms with Gasteiger partial charge in [0.15, 0.2) is 15.6 Å². The number of Topliss-reactive ketones (excluding diaryl/α,β-unsaturated/α-hetero) is 1. The van der Waals surface area contributed by atoms with E-state index in [1.165, 1.54) is 24.3 Å². The lowest BCUT2D eigenvalue weighted by molar-refractivity contribution is -0.121. The summed E-state index contributed by atoms with van der Waals surface area (Å²) in [6, 6.07) is 14.1. The number of fused-ring (bicyclic) bond motifs is 1. The summed E-state index contributed by atoms with van der Waals surface area (Å²) in [6.45, 7) is 0.597. The maximum Gasteiger partial charge on any atom is 0.225 e. The first-order chi connectivity index (χ1) is 18.1. The van der Waals surface area contributed by atoms with Crippen LogP contribution in [0.25, 0.3) is 10.9 Å². The van der Waals surface area contributed by atoms with Gasteiger partial charge in [-0.15, -0.1) is 0 Å². The lowest BCUT2D eigenvalue weighted by Gasteiger charge is -2.29. The minimum Gasteiger partial charge on any atom is -0.362 e. The van der Waals surface area contributed by atoms with E-state index in [1.54, 1.807) is 0 Å². The largest absolute Gasteiger partial charge is 0.362 e. The molecular formula is C28H35N5O4S. The van der Waals surface area contributed by atoms with Gasteiger partial charge in [-0.05, 0) is 55.9 Å². The van der Waals surface area contributed by atoms with E-state index in [0.29, 0.717) is 24.0 Å². The van der Waals surface area contributed by atoms with E-state index in [0.717, 1.165) is 48.7 Å². The molecule has 0 aliphatic heterocycles. The number of amides is 1. The summed E-state index contributed by atoms with van der Waals surface area (Å²) in [5, 5.41) is 7.50. The predicted molar refractivity (Wildman–Crippen MR) is 149 cm³/mol. The van der Waals surface area contributed by atoms with Gasteiger partial charge >= 0.3 is 0 Å². The number of rotatable bonds is 10. The van der Waals surface area contributed by atoms with Gasteiger partial charge in [-0.25, -0.2) is 13.4 Å². The van der Waals surface area contributed by atoms with E-state index in [1.807, 2.05) is 43.3 Å². The van der Waals surface area contributed by atoms with E-state index in [2.05, 4.69) is 10.6 Å². The molecule has 0 unspecified atom stereocenters. The van der Waals surface area contributed by atoms with Crippen LogP contribution in [0.1, 0.15) is 48.9 Å². The molecule has 1 aromatic heterocycles. The summed E-state index contributed by atoms with van der Waals surface area (Å²) in [7, 11) is 0.648. The van der Waals surface area contributed by atoms with Crippen molar-refractivity contribution in [3.63, 3.8) is 0 Å². The van der Waals surface area contributed by atoms with Gasteiger partial charge in [0.2, 0.25) is 11.9 Å². The van der Waals surface area contributed by atoms with E-state index in [4.69, 9.17) is 9.97 Å². The Labute approximate surface area is 224 Å². The number of ketones is 1. The highest BCUT2D eigenvalue weighted by Gasteiger charge is 2.23. The fourth-order valence-corrected chi connectivity index (χ4v) is 5.40. The third-order valence-electron chi connectivity index (χ3n) is 6.96. The molecule has 0 saturated heterocycles. The molecule has 1 amide bonds. The zero-order valence-corrected chi connectivity index (χ0v) is 22.9. The van der Waals surface area contributed by atoms with Crippen molar-refractivity contribution in [1.29, 1.82) is 0 Å². The topological polar surface area (TPSA) is 121 Å². The standard InChI is InChI=1S/C28H35N5O4S/c1-33(2)27-23-6-4-5-7-24(23)31-28(32-27)30-21-12-8-19(9-13-21)18-29-26(35)17-16-25(34)20-10-14-22(15-11-20)38(3,36)37/h4-7,10-11,14-15,19,21H,8-9,12-13,16-18H2,1-3H3,(H,29,35)(H,30,31,32). The first kappa shape index (κ1) is 27.5. The van der Waals surface area contributed by atoms with Crippen molar-refractivity contribution >= 4 is 44.2 Å². The quantitative estimate of drug-likeness (QED) is 0.374. The molecule has 1 fully saturated rings. The number of hydrogen-bond acceptors (Lipinski definition) is 8. The summed E-state index contributed by atoms with van der Waals surface area (Å²) in [5.74, 6) is 1.59. The second-order valence-corrected chi connectivity index (χ2v) is 12.2. The smallest absolute Gasteiger partial charge is 0.225 e. The number of hydrogen-bond donors (Lipinski definition) is 2. The molecule has 2 N–H and O–H groups in total. The number of aromatic nitrogens is 2. The average Bonchev–Trinajstić information content (AvgIpc) is 2.90. The number of anilines is 2. The number of para-hydroxylation sites is 1. The Kier molecular flexibility index (Phi) is 8.61. The number of nitrogens with zero attached hydrogens (tertiary/aromatic N) is 3. The van der Waals surface area contributed by atoms with Crippen molar-refractivity contribution < 1.29 is 18.0 Å². The molecule has 1 aliphatic carbocycles. The Bertz CT molecular complexity index is 1400. The Morgan fingerprint density at radius 2 is 1.63 bits per heavy atom. The number of sulfone groups is 1. The lowest BCUT2D eigenvalue weighted by atomic mass is 9.86. The third-order valence-corrected chi connectivity index (χ3v) is 8.09. The van der Waals surface area contributed by atoms with Crippen molar-refractivity contribution in [2.24, 2.45) is 5.92 Å². The van der Waals surface area contributed by atoms with Gasteiger partial charge in [0, 0.05) is 56.7 Å². The van der Waals surface area contributed by atoms with E-state index < -0.39 is 9.84 Å². The first-order valence-corrected chi connectivity index (χ1v) is 14.8. The highest BCUT2D eigenvalue weighted by molar-refractivity contribution is 7.90. The first-order valence-electron chi connectivity index (χ1n) is 12.9. The van der Waals surface area contributed by atoms with Gasteiger partial charge in [0.05, 0.1) is 10.4 Å². The minimum atomic E-state index is -3.31. The van der Waals surface area contributed by atoms with Crippen LogP contribution in [0, 0.1) is 5.92 Å². The molecule has 4 rings (SSSR count). The third kappa shape index (κ3) is 7.06. The molecule has 9 nitrogen and oxygen atoms in total. The second kappa shape index (κ2) is 11.9. The normalized spacial score (nSPS) is 17.7. The maximum atomic E-state index is 12.4. The van der Waals surface area contributed by atoms with Crippen LogP contribution in [0.15, 0.2) is 53.4 Å². The number of carbonyl (C=O) groups is 2. The molecule has 2 aromatic carbocycles. The molecule has 0 bridgehead atoms. The van der Waals surface area contributed by atoms with Gasteiger partial charge in [-0.3, -0.25) is 9.59 Å². The molecule has 202 valence electrons. The monoisotopic (exact) mass is 537 g/mol. The molecule has 1 saturated carbocycles. The second-order valence-electron chi connectivity index (χ2n) is 10.2. The molecule has 38 heavy (non-hydrogen) atoms. The Morgan fingerprint density at radius 1 is 0.947 bits per heavy atom. The minimum absolute atomic E-state index is 0.0847. The van der Waals surface area contributed by atoms with Crippen LogP contribution in [0.4, 0.5) is 11.8 Å². The highest BCUT2D eigenvalue weighted by Crippen LogP contribution is 2.28. The summed E-state index contributed by atoms with van der Waals surface area (Å²) < 4.78 is 23.1. The van der Waals surface area contributed by atoms with Gasteiger partial charge in [-0.1, -0.05) is 24.3 Å². The maximum absolute atomic E-state index is 12.4. The van der Waals surface area contributed by atoms with Gasteiger partial charge in [0.25, 0.3) is 0 Å². The van der Waals surface area contributed by atoms with Crippen molar-refractivity contribution in [3.05, 3.63) is 54.1 Å². The van der Waals surface area contributed by atoms with Crippen LogP contribution in [0.5, 0.6) is 0 Å². The number of carbonyl (C=O) groups excluding carboxylic acids is 2. The predicted octanol–water partition coefficient (Wildman–Crippen LogP) is 3.85. The van der Waals surface area contributed by atoms with Gasteiger partial charge in [-0.2, -0.15) is 4.98 Å². The molecule has 0 spiro atoms. The van der Waals surface area contributed by atoms with Gasteiger partial charge < -0.3 is 15.5 Å². The molecule has 0 radical (unpaired) electrons. The summed E-state index contributed by atoms with van der Waals surface area (Å²) in [4.78, 5) is 36.3. The number of benzene rings is 2. The van der Waals surface area contributed by atoms with E-state index in [9.17, 15) is 18.0 Å². The van der Waals surface area contributed by atoms with Crippen molar-refractivity contribution in [1.82, 2.24) is 15.3 Å². The zero-order chi connectivity index (χ0) is 27.3. The Balaban J connectivity index is 1.20. The van der Waals surface area contributed by atoms with Crippen LogP contribution in [0.2, 0.25) is 0 Å². The zero-order valence-electron chi connectivity index (χ0n) is 22.1. The summed E-state index contributed by atoms with van der Waals surface area (Å²) >= 11 is 0. The van der Waals surface area contributed by atoms with Crippen molar-refractivity contribution in [2.45, 2.75) is 49.5 Å². The van der Waals surface area contributed by atoms with Crippen molar-refractivity contribution in [3.8, 4) is 0 Å². The Hall–Kier alpha value is -3.53. The summed E-state index contributed by atoms with van der Waals surface area (Å²) in [5.41, 5.74) is 1.32. The van der Waals surface area contributed by atoms with Crippen LogP contribution >= 0.6 is 0 Å². The molecule has 3 aromatic rings. The van der Waals surface area contributed by atoms with Crippen LogP contribution in [-0.4, -0.2) is 63.0 Å². The molecule has 1 heterocycles. The average molecular weight is 538 g/mol. The van der Waals surface area contributed by atoms with Crippen LogP contribution in [-0.2, 0) is 14.6 Å². The SMILES string of the molecule is CN(C)c1nc(NC2CCC(CNC(=O)CCC(=O)c3ccc(S(C)(=O)=O)cc3)CC2)nc2ccccc12. The van der Waals surface area contributed by atoms with Gasteiger partial charge in [0.1, 0.15) is 5.82 Å². The molecule has 10 heteroatoms. The molecule has 0 atom stereocenters. The molecule has 1 aliphatic rings.